The van der Waals surface area contributed by atoms with E-state index in [1.807, 2.05) is 24.3 Å². The molecule has 0 aliphatic heterocycles. The number of nitrogens with one attached hydrogen (secondary N) is 1. The molecule has 2 N–H and O–H groups in total. The first-order valence-electron chi connectivity index (χ1n) is 6.39. The Hall–Kier alpha value is -2.30. The summed E-state index contributed by atoms with van der Waals surface area (Å²) in [5.41, 5.74) is 1.06. The zero-order chi connectivity index (χ0) is 14.6. The van der Waals surface area contributed by atoms with Crippen molar-refractivity contribution >= 4 is 12.1 Å². The molecule has 20 heavy (non-hydrogen) atoms. The SMILES string of the molecule is C=CCOC(=O)NCC1(C(=O)O)Cc2ccccc2C1. The molecule has 0 bridgehead atoms. The highest BCUT2D eigenvalue weighted by Gasteiger charge is 2.44. The topological polar surface area (TPSA) is 75.6 Å². The Morgan fingerprint density at radius 3 is 2.45 bits per heavy atom. The molecule has 1 aromatic carbocycles. The van der Waals surface area contributed by atoms with Crippen molar-refractivity contribution in [2.75, 3.05) is 13.2 Å². The normalized spacial score (nSPS) is 15.2. The summed E-state index contributed by atoms with van der Waals surface area (Å²) in [5.74, 6) is -0.905. The molecule has 0 unspecified atom stereocenters. The Balaban J connectivity index is 2.05. The van der Waals surface area contributed by atoms with Crippen LogP contribution in [0.4, 0.5) is 4.79 Å². The van der Waals surface area contributed by atoms with Gasteiger partial charge in [-0.15, -0.1) is 0 Å². The van der Waals surface area contributed by atoms with Crippen LogP contribution in [-0.2, 0) is 22.4 Å². The second-order valence-corrected chi connectivity index (χ2v) is 4.95. The van der Waals surface area contributed by atoms with Crippen molar-refractivity contribution in [3.05, 3.63) is 48.0 Å². The number of benzene rings is 1. The van der Waals surface area contributed by atoms with Crippen LogP contribution in [-0.4, -0.2) is 30.3 Å². The van der Waals surface area contributed by atoms with Gasteiger partial charge in [-0.1, -0.05) is 36.9 Å². The fourth-order valence-corrected chi connectivity index (χ4v) is 2.47. The van der Waals surface area contributed by atoms with E-state index >= 15 is 0 Å². The minimum Gasteiger partial charge on any atom is -0.481 e. The van der Waals surface area contributed by atoms with Crippen LogP contribution >= 0.6 is 0 Å². The molecule has 1 aliphatic carbocycles. The standard InChI is InChI=1S/C15H17NO4/c1-2-7-20-14(19)16-10-15(13(17)18)8-11-5-3-4-6-12(11)9-15/h2-6H,1,7-10H2,(H,16,19)(H,17,18). The smallest absolute Gasteiger partial charge is 0.407 e. The van der Waals surface area contributed by atoms with Gasteiger partial charge in [-0.05, 0) is 24.0 Å². The second-order valence-electron chi connectivity index (χ2n) is 4.95. The van der Waals surface area contributed by atoms with Crippen molar-refractivity contribution in [1.82, 2.24) is 5.32 Å². The molecule has 1 amide bonds. The number of amides is 1. The number of alkyl carbamates (subject to hydrolysis) is 1. The maximum absolute atomic E-state index is 11.6. The van der Waals surface area contributed by atoms with E-state index in [9.17, 15) is 14.7 Å². The molecule has 0 saturated carbocycles. The third kappa shape index (κ3) is 2.82. The summed E-state index contributed by atoms with van der Waals surface area (Å²) in [6.45, 7) is 3.59. The van der Waals surface area contributed by atoms with Crippen LogP contribution < -0.4 is 5.32 Å². The minimum atomic E-state index is -0.989. The fraction of sp³-hybridized carbons (Fsp3) is 0.333. The minimum absolute atomic E-state index is 0.0486. The summed E-state index contributed by atoms with van der Waals surface area (Å²) < 4.78 is 4.79. The van der Waals surface area contributed by atoms with Gasteiger partial charge in [-0.25, -0.2) is 4.79 Å². The molecule has 0 saturated heterocycles. The molecule has 5 nitrogen and oxygen atoms in total. The maximum atomic E-state index is 11.6. The molecule has 0 heterocycles. The van der Waals surface area contributed by atoms with Gasteiger partial charge < -0.3 is 15.2 Å². The highest BCUT2D eigenvalue weighted by atomic mass is 16.5. The van der Waals surface area contributed by atoms with Crippen molar-refractivity contribution in [2.24, 2.45) is 5.41 Å². The van der Waals surface area contributed by atoms with E-state index in [-0.39, 0.29) is 13.2 Å². The van der Waals surface area contributed by atoms with Crippen molar-refractivity contribution in [3.8, 4) is 0 Å². The van der Waals surface area contributed by atoms with Gasteiger partial charge in [-0.2, -0.15) is 0 Å². The number of rotatable bonds is 5. The van der Waals surface area contributed by atoms with Gasteiger partial charge in [0.05, 0.1) is 5.41 Å². The van der Waals surface area contributed by atoms with Gasteiger partial charge in [0.15, 0.2) is 0 Å². The average Bonchev–Trinajstić information content (AvgIpc) is 2.82. The Bertz CT molecular complexity index is 513. The van der Waals surface area contributed by atoms with Crippen LogP contribution in [0.1, 0.15) is 11.1 Å². The van der Waals surface area contributed by atoms with Crippen molar-refractivity contribution in [3.63, 3.8) is 0 Å². The summed E-state index contributed by atoms with van der Waals surface area (Å²) in [6.07, 6.45) is 1.67. The van der Waals surface area contributed by atoms with Gasteiger partial charge in [0, 0.05) is 6.54 Å². The molecule has 2 rings (SSSR count). The molecule has 1 aliphatic rings. The number of aliphatic carboxylic acids is 1. The first kappa shape index (κ1) is 14.1. The summed E-state index contributed by atoms with van der Waals surface area (Å²) >= 11 is 0. The maximum Gasteiger partial charge on any atom is 0.407 e. The summed E-state index contributed by atoms with van der Waals surface area (Å²) in [7, 11) is 0. The Morgan fingerprint density at radius 1 is 1.35 bits per heavy atom. The quantitative estimate of drug-likeness (QED) is 0.803. The first-order valence-corrected chi connectivity index (χ1v) is 6.39. The fourth-order valence-electron chi connectivity index (χ4n) is 2.47. The molecule has 0 fully saturated rings. The largest absolute Gasteiger partial charge is 0.481 e. The molecule has 0 atom stereocenters. The molecule has 106 valence electrons. The van der Waals surface area contributed by atoms with Gasteiger partial charge >= 0.3 is 12.1 Å². The number of hydrogen-bond acceptors (Lipinski definition) is 3. The van der Waals surface area contributed by atoms with Crippen LogP contribution in [0, 0.1) is 5.41 Å². The molecule has 1 aromatic rings. The van der Waals surface area contributed by atoms with E-state index in [0.29, 0.717) is 12.8 Å². The van der Waals surface area contributed by atoms with E-state index in [1.54, 1.807) is 0 Å². The lowest BCUT2D eigenvalue weighted by molar-refractivity contribution is -0.148. The zero-order valence-corrected chi connectivity index (χ0v) is 11.1. The molecule has 5 heteroatoms. The first-order chi connectivity index (χ1) is 9.57. The summed E-state index contributed by atoms with van der Waals surface area (Å²) in [5, 5.41) is 12.0. The average molecular weight is 275 g/mol. The third-order valence-electron chi connectivity index (χ3n) is 3.53. The van der Waals surface area contributed by atoms with E-state index in [2.05, 4.69) is 11.9 Å². The number of carboxylic acid groups (broad SMARTS) is 1. The molecule has 0 radical (unpaired) electrons. The van der Waals surface area contributed by atoms with E-state index < -0.39 is 17.5 Å². The van der Waals surface area contributed by atoms with Crippen LogP contribution in [0.25, 0.3) is 0 Å². The zero-order valence-electron chi connectivity index (χ0n) is 11.1. The predicted molar refractivity (Wildman–Crippen MR) is 73.5 cm³/mol. The molecular weight excluding hydrogens is 258 g/mol. The lowest BCUT2D eigenvalue weighted by Gasteiger charge is -2.23. The molecule has 0 aromatic heterocycles. The monoisotopic (exact) mass is 275 g/mol. The van der Waals surface area contributed by atoms with E-state index in [4.69, 9.17) is 4.74 Å². The van der Waals surface area contributed by atoms with Gasteiger partial charge in [-0.3, -0.25) is 4.79 Å². The van der Waals surface area contributed by atoms with Crippen molar-refractivity contribution in [1.29, 1.82) is 0 Å². The van der Waals surface area contributed by atoms with Crippen LogP contribution in [0.15, 0.2) is 36.9 Å². The number of hydrogen-bond donors (Lipinski definition) is 2. The van der Waals surface area contributed by atoms with Crippen LogP contribution in [0.3, 0.4) is 0 Å². The highest BCUT2D eigenvalue weighted by Crippen LogP contribution is 2.36. The predicted octanol–water partition coefficient (Wildman–Crippen LogP) is 1.77. The lowest BCUT2D eigenvalue weighted by Crippen LogP contribution is -2.44. The number of carboxylic acids is 1. The van der Waals surface area contributed by atoms with E-state index in [0.717, 1.165) is 11.1 Å². The van der Waals surface area contributed by atoms with Crippen molar-refractivity contribution < 1.29 is 19.4 Å². The number of ether oxygens (including phenoxy) is 1. The van der Waals surface area contributed by atoms with E-state index in [1.165, 1.54) is 6.08 Å². The Kier molecular flexibility index (Phi) is 4.08. The lowest BCUT2D eigenvalue weighted by atomic mass is 9.85. The molecule has 0 spiro atoms. The Morgan fingerprint density at radius 2 is 1.95 bits per heavy atom. The van der Waals surface area contributed by atoms with Crippen LogP contribution in [0.5, 0.6) is 0 Å². The third-order valence-corrected chi connectivity index (χ3v) is 3.53. The molecular formula is C15H17NO4. The summed E-state index contributed by atoms with van der Waals surface area (Å²) in [6, 6.07) is 7.64. The number of carbonyl (C=O) groups is 2. The van der Waals surface area contributed by atoms with Gasteiger partial charge in [0.2, 0.25) is 0 Å². The summed E-state index contributed by atoms with van der Waals surface area (Å²) in [4.78, 5) is 23.0. The number of fused-ring (bicyclic) bond motifs is 1. The highest BCUT2D eigenvalue weighted by molar-refractivity contribution is 5.78. The van der Waals surface area contributed by atoms with Crippen molar-refractivity contribution in [2.45, 2.75) is 12.8 Å². The van der Waals surface area contributed by atoms with Crippen LogP contribution in [0.2, 0.25) is 0 Å². The second kappa shape index (κ2) is 5.77. The van der Waals surface area contributed by atoms with Gasteiger partial charge in [0.25, 0.3) is 0 Å². The Labute approximate surface area is 117 Å². The van der Waals surface area contributed by atoms with Gasteiger partial charge in [0.1, 0.15) is 6.61 Å². The number of carbonyl (C=O) groups excluding carboxylic acids is 1.